The molecule has 0 saturated heterocycles. The second-order valence-corrected chi connectivity index (χ2v) is 5.08. The fourth-order valence-electron chi connectivity index (χ4n) is 1.38. The molecule has 0 unspecified atom stereocenters. The van der Waals surface area contributed by atoms with Crippen molar-refractivity contribution in [2.75, 3.05) is 13.2 Å². The molecule has 1 aliphatic rings. The third-order valence-corrected chi connectivity index (χ3v) is 3.35. The van der Waals surface area contributed by atoms with Crippen molar-refractivity contribution < 1.29 is 9.47 Å². The van der Waals surface area contributed by atoms with Gasteiger partial charge in [-0.2, -0.15) is 0 Å². The summed E-state index contributed by atoms with van der Waals surface area (Å²) in [5, 5.41) is 2.04. The Kier molecular flexibility index (Phi) is 1.99. The summed E-state index contributed by atoms with van der Waals surface area (Å²) < 4.78 is 11.1. The molecule has 0 aromatic carbocycles. The van der Waals surface area contributed by atoms with Crippen molar-refractivity contribution in [3.63, 3.8) is 0 Å². The van der Waals surface area contributed by atoms with Crippen molar-refractivity contribution in [2.24, 2.45) is 0 Å². The third kappa shape index (κ3) is 1.53. The lowest BCUT2D eigenvalue weighted by molar-refractivity contribution is 0.170. The Labute approximate surface area is 82.5 Å². The highest BCUT2D eigenvalue weighted by atomic mass is 32.1. The Balaban J connectivity index is 2.43. The zero-order valence-electron chi connectivity index (χ0n) is 8.22. The minimum Gasteiger partial charge on any atom is -0.485 e. The van der Waals surface area contributed by atoms with Crippen LogP contribution in [0.1, 0.15) is 25.6 Å². The zero-order valence-corrected chi connectivity index (χ0v) is 9.03. The van der Waals surface area contributed by atoms with Crippen LogP contribution in [0.25, 0.3) is 0 Å². The smallest absolute Gasteiger partial charge is 0.175 e. The molecule has 0 aliphatic carbocycles. The van der Waals surface area contributed by atoms with E-state index in [1.54, 1.807) is 11.3 Å². The maximum Gasteiger partial charge on any atom is 0.175 e. The lowest BCUT2D eigenvalue weighted by Gasteiger charge is -2.22. The Morgan fingerprint density at radius 3 is 2.62 bits per heavy atom. The van der Waals surface area contributed by atoms with Crippen molar-refractivity contribution in [1.82, 2.24) is 0 Å². The molecule has 2 heterocycles. The standard InChI is InChI=1S/C10H14O2S/c1-10(2,3)9-8-7(6-13-9)11-4-5-12-8/h6H,4-5H2,1-3H3. The molecule has 13 heavy (non-hydrogen) atoms. The molecule has 0 spiro atoms. The molecule has 2 nitrogen and oxygen atoms in total. The Morgan fingerprint density at radius 2 is 1.92 bits per heavy atom. The molecule has 0 bridgehead atoms. The van der Waals surface area contributed by atoms with E-state index < -0.39 is 0 Å². The van der Waals surface area contributed by atoms with E-state index in [1.165, 1.54) is 4.88 Å². The minimum atomic E-state index is 0.152. The van der Waals surface area contributed by atoms with E-state index in [1.807, 2.05) is 5.38 Å². The van der Waals surface area contributed by atoms with Crippen molar-refractivity contribution in [3.05, 3.63) is 10.3 Å². The van der Waals surface area contributed by atoms with E-state index in [0.29, 0.717) is 13.2 Å². The molecule has 3 heteroatoms. The maximum absolute atomic E-state index is 5.61. The lowest BCUT2D eigenvalue weighted by Crippen LogP contribution is -2.17. The van der Waals surface area contributed by atoms with Gasteiger partial charge < -0.3 is 9.47 Å². The van der Waals surface area contributed by atoms with Crippen LogP contribution in [0, 0.1) is 0 Å². The molecule has 0 amide bonds. The van der Waals surface area contributed by atoms with Gasteiger partial charge in [0, 0.05) is 10.8 Å². The van der Waals surface area contributed by atoms with Crippen molar-refractivity contribution in [3.8, 4) is 11.5 Å². The van der Waals surface area contributed by atoms with Crippen LogP contribution < -0.4 is 9.47 Å². The third-order valence-electron chi connectivity index (χ3n) is 1.98. The molecule has 0 saturated carbocycles. The van der Waals surface area contributed by atoms with Gasteiger partial charge in [0.1, 0.15) is 13.2 Å². The molecule has 0 atom stereocenters. The number of hydrogen-bond acceptors (Lipinski definition) is 3. The highest BCUT2D eigenvalue weighted by Gasteiger charge is 2.26. The molecule has 0 N–H and O–H groups in total. The topological polar surface area (TPSA) is 18.5 Å². The van der Waals surface area contributed by atoms with E-state index in [9.17, 15) is 0 Å². The van der Waals surface area contributed by atoms with Crippen LogP contribution in [-0.2, 0) is 5.41 Å². The monoisotopic (exact) mass is 198 g/mol. The van der Waals surface area contributed by atoms with Crippen LogP contribution in [0.5, 0.6) is 11.5 Å². The molecule has 0 fully saturated rings. The Bertz CT molecular complexity index is 309. The van der Waals surface area contributed by atoms with Crippen molar-refractivity contribution in [2.45, 2.75) is 26.2 Å². The summed E-state index contributed by atoms with van der Waals surface area (Å²) in [5.41, 5.74) is 0.152. The number of fused-ring (bicyclic) bond motifs is 1. The van der Waals surface area contributed by atoms with E-state index in [-0.39, 0.29) is 5.41 Å². The summed E-state index contributed by atoms with van der Waals surface area (Å²) in [6.07, 6.45) is 0. The first-order chi connectivity index (χ1) is 6.09. The van der Waals surface area contributed by atoms with Crippen molar-refractivity contribution in [1.29, 1.82) is 0 Å². The fraction of sp³-hybridized carbons (Fsp3) is 0.600. The van der Waals surface area contributed by atoms with Gasteiger partial charge in [-0.05, 0) is 0 Å². The van der Waals surface area contributed by atoms with Gasteiger partial charge in [0.15, 0.2) is 11.5 Å². The Hall–Kier alpha value is -0.700. The largest absolute Gasteiger partial charge is 0.485 e. The quantitative estimate of drug-likeness (QED) is 0.638. The summed E-state index contributed by atoms with van der Waals surface area (Å²) in [7, 11) is 0. The van der Waals surface area contributed by atoms with Gasteiger partial charge in [-0.1, -0.05) is 20.8 Å². The van der Waals surface area contributed by atoms with Crippen LogP contribution in [0.4, 0.5) is 0 Å². The molecule has 1 aromatic heterocycles. The minimum absolute atomic E-state index is 0.152. The summed E-state index contributed by atoms with van der Waals surface area (Å²) in [6.45, 7) is 7.92. The highest BCUT2D eigenvalue weighted by Crippen LogP contribution is 2.45. The first kappa shape index (κ1) is 8.88. The van der Waals surface area contributed by atoms with Gasteiger partial charge in [-0.3, -0.25) is 0 Å². The summed E-state index contributed by atoms with van der Waals surface area (Å²) >= 11 is 1.72. The van der Waals surface area contributed by atoms with Crippen LogP contribution in [0.15, 0.2) is 5.38 Å². The maximum atomic E-state index is 5.61. The average molecular weight is 198 g/mol. The normalized spacial score (nSPS) is 15.9. The van der Waals surface area contributed by atoms with E-state index >= 15 is 0 Å². The van der Waals surface area contributed by atoms with Crippen LogP contribution in [0.2, 0.25) is 0 Å². The molecular formula is C10H14O2S. The predicted octanol–water partition coefficient (Wildman–Crippen LogP) is 2.82. The first-order valence-corrected chi connectivity index (χ1v) is 5.34. The molecule has 2 rings (SSSR count). The van der Waals surface area contributed by atoms with E-state index in [4.69, 9.17) is 9.47 Å². The molecule has 72 valence electrons. The van der Waals surface area contributed by atoms with Gasteiger partial charge in [-0.25, -0.2) is 0 Å². The molecular weight excluding hydrogens is 184 g/mol. The summed E-state index contributed by atoms with van der Waals surface area (Å²) in [4.78, 5) is 1.28. The summed E-state index contributed by atoms with van der Waals surface area (Å²) in [5.74, 6) is 1.88. The first-order valence-electron chi connectivity index (χ1n) is 4.46. The molecule has 0 radical (unpaired) electrons. The fourth-order valence-corrected chi connectivity index (χ4v) is 2.40. The Morgan fingerprint density at radius 1 is 1.23 bits per heavy atom. The number of hydrogen-bond donors (Lipinski definition) is 0. The summed E-state index contributed by atoms with van der Waals surface area (Å²) in [6, 6.07) is 0. The van der Waals surface area contributed by atoms with Crippen LogP contribution >= 0.6 is 11.3 Å². The number of ether oxygens (including phenoxy) is 2. The van der Waals surface area contributed by atoms with Gasteiger partial charge in [0.2, 0.25) is 0 Å². The highest BCUT2D eigenvalue weighted by molar-refractivity contribution is 7.10. The SMILES string of the molecule is CC(C)(C)c1scc2c1OCCO2. The lowest BCUT2D eigenvalue weighted by atomic mass is 9.94. The average Bonchev–Trinajstić information content (AvgIpc) is 2.45. The second-order valence-electron chi connectivity index (χ2n) is 4.21. The van der Waals surface area contributed by atoms with E-state index in [2.05, 4.69) is 20.8 Å². The van der Waals surface area contributed by atoms with Gasteiger partial charge in [0.05, 0.1) is 4.88 Å². The predicted molar refractivity (Wildman–Crippen MR) is 54.0 cm³/mol. The molecule has 1 aromatic rings. The van der Waals surface area contributed by atoms with Gasteiger partial charge >= 0.3 is 0 Å². The van der Waals surface area contributed by atoms with Gasteiger partial charge in [0.25, 0.3) is 0 Å². The molecule has 1 aliphatic heterocycles. The van der Waals surface area contributed by atoms with Crippen molar-refractivity contribution >= 4 is 11.3 Å². The number of rotatable bonds is 0. The number of thiophene rings is 1. The van der Waals surface area contributed by atoms with E-state index in [0.717, 1.165) is 11.5 Å². The van der Waals surface area contributed by atoms with Crippen LogP contribution in [-0.4, -0.2) is 13.2 Å². The van der Waals surface area contributed by atoms with Crippen LogP contribution in [0.3, 0.4) is 0 Å². The van der Waals surface area contributed by atoms with Gasteiger partial charge in [-0.15, -0.1) is 11.3 Å². The zero-order chi connectivity index (χ0) is 9.47. The second kappa shape index (κ2) is 2.91.